The second kappa shape index (κ2) is 6.49. The van der Waals surface area contributed by atoms with E-state index in [2.05, 4.69) is 25.1 Å². The minimum absolute atomic E-state index is 0.299. The standard InChI is InChI=1S/C16H18FNO/c1-12-4-2-3-5-14(12)10-19-11-15-8-16(17)7-6-13(15)9-18/h2-3,6-8,12,14H,4-5,10-11H2,1H3. The fourth-order valence-corrected chi connectivity index (χ4v) is 2.35. The van der Waals surface area contributed by atoms with Crippen molar-refractivity contribution in [2.45, 2.75) is 26.4 Å². The minimum atomic E-state index is -0.327. The summed E-state index contributed by atoms with van der Waals surface area (Å²) >= 11 is 0. The van der Waals surface area contributed by atoms with Crippen molar-refractivity contribution in [3.05, 3.63) is 47.3 Å². The van der Waals surface area contributed by atoms with E-state index in [4.69, 9.17) is 10.00 Å². The van der Waals surface area contributed by atoms with Crippen LogP contribution in [0.4, 0.5) is 4.39 Å². The highest BCUT2D eigenvalue weighted by atomic mass is 19.1. The number of benzene rings is 1. The van der Waals surface area contributed by atoms with Crippen LogP contribution < -0.4 is 0 Å². The molecule has 0 N–H and O–H groups in total. The van der Waals surface area contributed by atoms with Gasteiger partial charge in [-0.2, -0.15) is 5.26 Å². The van der Waals surface area contributed by atoms with Gasteiger partial charge >= 0.3 is 0 Å². The lowest BCUT2D eigenvalue weighted by molar-refractivity contribution is 0.0678. The van der Waals surface area contributed by atoms with Crippen LogP contribution in [-0.4, -0.2) is 6.61 Å². The van der Waals surface area contributed by atoms with Gasteiger partial charge in [0, 0.05) is 0 Å². The third kappa shape index (κ3) is 3.65. The lowest BCUT2D eigenvalue weighted by Crippen LogP contribution is -2.19. The molecule has 2 nitrogen and oxygen atoms in total. The Balaban J connectivity index is 1.91. The van der Waals surface area contributed by atoms with Gasteiger partial charge in [0.1, 0.15) is 5.82 Å². The lowest BCUT2D eigenvalue weighted by atomic mass is 9.85. The van der Waals surface area contributed by atoms with E-state index in [9.17, 15) is 4.39 Å². The zero-order chi connectivity index (χ0) is 13.7. The van der Waals surface area contributed by atoms with Gasteiger partial charge in [-0.15, -0.1) is 0 Å². The summed E-state index contributed by atoms with van der Waals surface area (Å²) in [4.78, 5) is 0. The number of halogens is 1. The molecule has 0 amide bonds. The normalized spacial score (nSPS) is 22.2. The summed E-state index contributed by atoms with van der Waals surface area (Å²) in [5, 5.41) is 8.96. The van der Waals surface area contributed by atoms with Gasteiger partial charge in [0.15, 0.2) is 0 Å². The molecule has 0 heterocycles. The molecule has 2 unspecified atom stereocenters. The van der Waals surface area contributed by atoms with Gasteiger partial charge in [0.25, 0.3) is 0 Å². The Morgan fingerprint density at radius 1 is 1.37 bits per heavy atom. The molecule has 0 aliphatic heterocycles. The van der Waals surface area contributed by atoms with Crippen LogP contribution in [0.15, 0.2) is 30.4 Å². The van der Waals surface area contributed by atoms with Crippen LogP contribution in [0.25, 0.3) is 0 Å². The maximum atomic E-state index is 13.2. The molecule has 1 aliphatic carbocycles. The Morgan fingerprint density at radius 2 is 2.16 bits per heavy atom. The Kier molecular flexibility index (Phi) is 4.70. The molecule has 100 valence electrons. The van der Waals surface area contributed by atoms with Crippen LogP contribution in [0.1, 0.15) is 30.9 Å². The van der Waals surface area contributed by atoms with Crippen LogP contribution in [0, 0.1) is 29.0 Å². The average Bonchev–Trinajstić information content (AvgIpc) is 2.41. The third-order valence-electron chi connectivity index (χ3n) is 3.70. The first-order chi connectivity index (χ1) is 9.20. The molecule has 2 atom stereocenters. The van der Waals surface area contributed by atoms with Crippen molar-refractivity contribution in [1.29, 1.82) is 5.26 Å². The van der Waals surface area contributed by atoms with E-state index in [1.807, 2.05) is 0 Å². The molecule has 0 saturated heterocycles. The van der Waals surface area contributed by atoms with Crippen molar-refractivity contribution in [3.63, 3.8) is 0 Å². The highest BCUT2D eigenvalue weighted by Crippen LogP contribution is 2.25. The van der Waals surface area contributed by atoms with E-state index in [1.165, 1.54) is 18.2 Å². The topological polar surface area (TPSA) is 33.0 Å². The van der Waals surface area contributed by atoms with E-state index < -0.39 is 0 Å². The minimum Gasteiger partial charge on any atom is -0.376 e. The van der Waals surface area contributed by atoms with Crippen molar-refractivity contribution in [3.8, 4) is 6.07 Å². The molecule has 1 aliphatic rings. The Labute approximate surface area is 113 Å². The molecule has 0 spiro atoms. The van der Waals surface area contributed by atoms with Gasteiger partial charge in [-0.1, -0.05) is 19.1 Å². The first-order valence-corrected chi connectivity index (χ1v) is 6.62. The Bertz CT molecular complexity index is 504. The number of ether oxygens (including phenoxy) is 1. The summed E-state index contributed by atoms with van der Waals surface area (Å²) in [5.74, 6) is 0.809. The number of nitrogens with zero attached hydrogens (tertiary/aromatic N) is 1. The van der Waals surface area contributed by atoms with Gasteiger partial charge in [0.05, 0.1) is 24.8 Å². The second-order valence-corrected chi connectivity index (χ2v) is 5.11. The summed E-state index contributed by atoms with van der Waals surface area (Å²) in [6, 6.07) is 6.24. The molecule has 3 heteroatoms. The van der Waals surface area contributed by atoms with Crippen molar-refractivity contribution < 1.29 is 9.13 Å². The summed E-state index contributed by atoms with van der Waals surface area (Å²) in [6.07, 6.45) is 6.53. The summed E-state index contributed by atoms with van der Waals surface area (Å²) in [7, 11) is 0. The number of rotatable bonds is 4. The van der Waals surface area contributed by atoms with Crippen LogP contribution in [-0.2, 0) is 11.3 Å². The maximum Gasteiger partial charge on any atom is 0.123 e. The zero-order valence-electron chi connectivity index (χ0n) is 11.1. The molecule has 2 rings (SSSR count). The van der Waals surface area contributed by atoms with Crippen LogP contribution in [0.2, 0.25) is 0 Å². The molecule has 0 aromatic heterocycles. The van der Waals surface area contributed by atoms with E-state index in [1.54, 1.807) is 0 Å². The monoisotopic (exact) mass is 259 g/mol. The van der Waals surface area contributed by atoms with E-state index in [0.29, 0.717) is 36.2 Å². The van der Waals surface area contributed by atoms with Crippen molar-refractivity contribution in [2.75, 3.05) is 6.61 Å². The molecule has 1 aromatic carbocycles. The van der Waals surface area contributed by atoms with Gasteiger partial charge in [-0.3, -0.25) is 0 Å². The predicted molar refractivity (Wildman–Crippen MR) is 71.8 cm³/mol. The molecule has 0 fully saturated rings. The molecular formula is C16H18FNO. The molecule has 0 radical (unpaired) electrons. The highest BCUT2D eigenvalue weighted by molar-refractivity contribution is 5.37. The fourth-order valence-electron chi connectivity index (χ4n) is 2.35. The van der Waals surface area contributed by atoms with Crippen LogP contribution in [0.3, 0.4) is 0 Å². The number of nitriles is 1. The van der Waals surface area contributed by atoms with E-state index in [0.717, 1.165) is 12.8 Å². The lowest BCUT2D eigenvalue weighted by Gasteiger charge is -2.25. The molecule has 0 bridgehead atoms. The van der Waals surface area contributed by atoms with Gasteiger partial charge in [-0.05, 0) is 48.4 Å². The highest BCUT2D eigenvalue weighted by Gasteiger charge is 2.18. The maximum absolute atomic E-state index is 13.2. The number of hydrogen-bond donors (Lipinski definition) is 0. The largest absolute Gasteiger partial charge is 0.376 e. The predicted octanol–water partition coefficient (Wildman–Crippen LogP) is 3.82. The third-order valence-corrected chi connectivity index (χ3v) is 3.70. The van der Waals surface area contributed by atoms with Crippen LogP contribution >= 0.6 is 0 Å². The first-order valence-electron chi connectivity index (χ1n) is 6.62. The quantitative estimate of drug-likeness (QED) is 0.770. The van der Waals surface area contributed by atoms with Crippen molar-refractivity contribution >= 4 is 0 Å². The first kappa shape index (κ1) is 13.8. The fraction of sp³-hybridized carbons (Fsp3) is 0.438. The Hall–Kier alpha value is -1.66. The smallest absolute Gasteiger partial charge is 0.123 e. The van der Waals surface area contributed by atoms with Gasteiger partial charge in [-0.25, -0.2) is 4.39 Å². The zero-order valence-corrected chi connectivity index (χ0v) is 11.1. The molecular weight excluding hydrogens is 241 g/mol. The SMILES string of the molecule is CC1CC=CCC1COCc1cc(F)ccc1C#N. The summed E-state index contributed by atoms with van der Waals surface area (Å²) < 4.78 is 18.8. The Morgan fingerprint density at radius 3 is 2.89 bits per heavy atom. The number of hydrogen-bond acceptors (Lipinski definition) is 2. The molecule has 1 aromatic rings. The summed E-state index contributed by atoms with van der Waals surface area (Å²) in [6.45, 7) is 3.18. The van der Waals surface area contributed by atoms with Crippen molar-refractivity contribution in [2.24, 2.45) is 11.8 Å². The average molecular weight is 259 g/mol. The number of allylic oxidation sites excluding steroid dienone is 2. The molecule has 0 saturated carbocycles. The summed E-state index contributed by atoms with van der Waals surface area (Å²) in [5.41, 5.74) is 1.11. The van der Waals surface area contributed by atoms with Crippen molar-refractivity contribution in [1.82, 2.24) is 0 Å². The van der Waals surface area contributed by atoms with E-state index >= 15 is 0 Å². The van der Waals surface area contributed by atoms with E-state index in [-0.39, 0.29) is 5.82 Å². The van der Waals surface area contributed by atoms with Gasteiger partial charge < -0.3 is 4.74 Å². The van der Waals surface area contributed by atoms with Crippen LogP contribution in [0.5, 0.6) is 0 Å². The second-order valence-electron chi connectivity index (χ2n) is 5.11. The molecule has 19 heavy (non-hydrogen) atoms. The van der Waals surface area contributed by atoms with Gasteiger partial charge in [0.2, 0.25) is 0 Å².